The number of hydrogen-bond acceptors (Lipinski definition) is 5. The zero-order valence-electron chi connectivity index (χ0n) is 16.7. The second-order valence-corrected chi connectivity index (χ2v) is 6.87. The monoisotopic (exact) mass is 396 g/mol. The lowest BCUT2D eigenvalue weighted by molar-refractivity contribution is -0.125. The van der Waals surface area contributed by atoms with Gasteiger partial charge in [-0.05, 0) is 26.0 Å². The van der Waals surface area contributed by atoms with Crippen LogP contribution in [0, 0.1) is 13.8 Å². The number of nitrogens with one attached hydrogen (secondary N) is 2. The third-order valence-corrected chi connectivity index (χ3v) is 4.84. The van der Waals surface area contributed by atoms with E-state index in [0.717, 1.165) is 16.9 Å². The van der Waals surface area contributed by atoms with E-state index in [9.17, 15) is 14.4 Å². The molecule has 1 aromatic carbocycles. The second-order valence-electron chi connectivity index (χ2n) is 6.87. The van der Waals surface area contributed by atoms with Gasteiger partial charge in [0.05, 0.1) is 30.7 Å². The number of methoxy groups -OCH3 is 1. The first kappa shape index (κ1) is 20.3. The fourth-order valence-corrected chi connectivity index (χ4v) is 3.33. The van der Waals surface area contributed by atoms with Crippen LogP contribution in [0.25, 0.3) is 0 Å². The van der Waals surface area contributed by atoms with Crippen LogP contribution in [0.5, 0.6) is 5.75 Å². The Balaban J connectivity index is 1.56. The summed E-state index contributed by atoms with van der Waals surface area (Å²) in [6.07, 6.45) is 1.74. The molecule has 2 heterocycles. The quantitative estimate of drug-likeness (QED) is 0.779. The Bertz CT molecular complexity index is 958. The Kier molecular flexibility index (Phi) is 6.11. The molecule has 0 atom stereocenters. The molecule has 0 saturated heterocycles. The van der Waals surface area contributed by atoms with Crippen molar-refractivity contribution < 1.29 is 19.1 Å². The van der Waals surface area contributed by atoms with E-state index >= 15 is 0 Å². The molecule has 0 fully saturated rings. The maximum Gasteiger partial charge on any atom is 0.244 e. The minimum Gasteiger partial charge on any atom is -0.496 e. The molecular formula is C21H24N4O4. The number of para-hydroxylation sites is 2. The maximum atomic E-state index is 12.6. The Morgan fingerprint density at radius 1 is 1.24 bits per heavy atom. The van der Waals surface area contributed by atoms with Crippen molar-refractivity contribution in [2.45, 2.75) is 33.2 Å². The van der Waals surface area contributed by atoms with E-state index in [1.54, 1.807) is 37.6 Å². The summed E-state index contributed by atoms with van der Waals surface area (Å²) in [7, 11) is 1.60. The van der Waals surface area contributed by atoms with Crippen molar-refractivity contribution in [3.63, 3.8) is 0 Å². The average Bonchev–Trinajstić information content (AvgIpc) is 2.71. The largest absolute Gasteiger partial charge is 0.496 e. The molecule has 1 aliphatic rings. The van der Waals surface area contributed by atoms with Crippen LogP contribution in [0.15, 0.2) is 30.5 Å². The highest BCUT2D eigenvalue weighted by Crippen LogP contribution is 2.29. The molecule has 0 aliphatic carbocycles. The van der Waals surface area contributed by atoms with E-state index in [1.165, 1.54) is 4.90 Å². The molecule has 2 N–H and O–H groups in total. The summed E-state index contributed by atoms with van der Waals surface area (Å²) in [4.78, 5) is 42.4. The van der Waals surface area contributed by atoms with Gasteiger partial charge in [-0.25, -0.2) is 0 Å². The van der Waals surface area contributed by atoms with E-state index in [0.29, 0.717) is 17.1 Å². The van der Waals surface area contributed by atoms with Gasteiger partial charge in [-0.1, -0.05) is 12.1 Å². The summed E-state index contributed by atoms with van der Waals surface area (Å²) in [5.41, 5.74) is 3.76. The fraction of sp³-hybridized carbons (Fsp3) is 0.333. The standard InChI is InChI=1S/C21H24N4O4/c1-13-10-22-16(14(2)21(13)29-3)11-23-18(26)8-9-20(28)25-12-19(27)24-15-6-4-5-7-17(15)25/h4-7,10H,8-9,11-12H2,1-3H3,(H,23,26)(H,24,27). The van der Waals surface area contributed by atoms with Gasteiger partial charge in [0.25, 0.3) is 0 Å². The van der Waals surface area contributed by atoms with E-state index in [-0.39, 0.29) is 43.7 Å². The SMILES string of the molecule is COc1c(C)cnc(CNC(=O)CCC(=O)N2CC(=O)Nc3ccccc32)c1C. The third-order valence-electron chi connectivity index (χ3n) is 4.84. The summed E-state index contributed by atoms with van der Waals surface area (Å²) in [6, 6.07) is 7.10. The number of pyridine rings is 1. The summed E-state index contributed by atoms with van der Waals surface area (Å²) in [5, 5.41) is 5.53. The van der Waals surface area contributed by atoms with Crippen molar-refractivity contribution in [1.29, 1.82) is 0 Å². The first-order chi connectivity index (χ1) is 13.9. The average molecular weight is 396 g/mol. The van der Waals surface area contributed by atoms with Crippen LogP contribution in [0.4, 0.5) is 11.4 Å². The number of benzene rings is 1. The lowest BCUT2D eigenvalue weighted by atomic mass is 10.1. The van der Waals surface area contributed by atoms with Gasteiger partial charge in [0, 0.05) is 30.2 Å². The zero-order chi connectivity index (χ0) is 21.0. The smallest absolute Gasteiger partial charge is 0.244 e. The van der Waals surface area contributed by atoms with Gasteiger partial charge in [0.15, 0.2) is 0 Å². The summed E-state index contributed by atoms with van der Waals surface area (Å²) in [5.74, 6) is -0.0274. The minimum absolute atomic E-state index is 0.0110. The highest BCUT2D eigenvalue weighted by Gasteiger charge is 2.26. The molecule has 152 valence electrons. The van der Waals surface area contributed by atoms with Crippen molar-refractivity contribution in [3.05, 3.63) is 47.3 Å². The molecule has 3 amide bonds. The van der Waals surface area contributed by atoms with E-state index in [1.807, 2.05) is 13.8 Å². The van der Waals surface area contributed by atoms with E-state index < -0.39 is 0 Å². The summed E-state index contributed by atoms with van der Waals surface area (Å²) in [6.45, 7) is 4.00. The molecule has 3 rings (SSSR count). The molecule has 8 nitrogen and oxygen atoms in total. The molecule has 0 bridgehead atoms. The predicted molar refractivity (Wildman–Crippen MR) is 109 cm³/mol. The third kappa shape index (κ3) is 4.53. The molecule has 1 aliphatic heterocycles. The highest BCUT2D eigenvalue weighted by molar-refractivity contribution is 6.10. The van der Waals surface area contributed by atoms with Gasteiger partial charge in [-0.2, -0.15) is 0 Å². The van der Waals surface area contributed by atoms with Crippen LogP contribution in [0.2, 0.25) is 0 Å². The number of aryl methyl sites for hydroxylation is 1. The van der Waals surface area contributed by atoms with Crippen LogP contribution < -0.4 is 20.3 Å². The number of hydrogen-bond donors (Lipinski definition) is 2. The normalized spacial score (nSPS) is 12.8. The molecule has 0 spiro atoms. The van der Waals surface area contributed by atoms with Gasteiger partial charge in [-0.3, -0.25) is 19.4 Å². The number of amides is 3. The van der Waals surface area contributed by atoms with Gasteiger partial charge in [0.2, 0.25) is 17.7 Å². The number of ether oxygens (including phenoxy) is 1. The molecule has 0 unspecified atom stereocenters. The van der Waals surface area contributed by atoms with E-state index in [2.05, 4.69) is 15.6 Å². The first-order valence-corrected chi connectivity index (χ1v) is 9.35. The maximum absolute atomic E-state index is 12.6. The van der Waals surface area contributed by atoms with Crippen LogP contribution in [-0.4, -0.2) is 36.4 Å². The molecular weight excluding hydrogens is 372 g/mol. The number of fused-ring (bicyclic) bond motifs is 1. The lowest BCUT2D eigenvalue weighted by Crippen LogP contribution is -2.42. The Hall–Kier alpha value is -3.42. The van der Waals surface area contributed by atoms with Crippen molar-refractivity contribution >= 4 is 29.1 Å². The van der Waals surface area contributed by atoms with Gasteiger partial charge in [0.1, 0.15) is 12.3 Å². The lowest BCUT2D eigenvalue weighted by Gasteiger charge is -2.29. The summed E-state index contributed by atoms with van der Waals surface area (Å²) >= 11 is 0. The number of nitrogens with zero attached hydrogens (tertiary/aromatic N) is 2. The molecule has 0 saturated carbocycles. The number of carbonyl (C=O) groups excluding carboxylic acids is 3. The molecule has 1 aromatic heterocycles. The number of aromatic nitrogens is 1. The van der Waals surface area contributed by atoms with E-state index in [4.69, 9.17) is 4.74 Å². The van der Waals surface area contributed by atoms with Gasteiger partial charge in [-0.15, -0.1) is 0 Å². The van der Waals surface area contributed by atoms with Crippen LogP contribution in [0.1, 0.15) is 29.7 Å². The Morgan fingerprint density at radius 3 is 2.76 bits per heavy atom. The number of anilines is 2. The van der Waals surface area contributed by atoms with Crippen LogP contribution in [0.3, 0.4) is 0 Å². The molecule has 0 radical (unpaired) electrons. The second kappa shape index (κ2) is 8.72. The fourth-order valence-electron chi connectivity index (χ4n) is 3.33. The van der Waals surface area contributed by atoms with Gasteiger partial charge < -0.3 is 20.3 Å². The molecule has 2 aromatic rings. The van der Waals surface area contributed by atoms with Crippen LogP contribution in [-0.2, 0) is 20.9 Å². The highest BCUT2D eigenvalue weighted by atomic mass is 16.5. The summed E-state index contributed by atoms with van der Waals surface area (Å²) < 4.78 is 5.37. The topological polar surface area (TPSA) is 101 Å². The van der Waals surface area contributed by atoms with Crippen molar-refractivity contribution in [1.82, 2.24) is 10.3 Å². The molecule has 29 heavy (non-hydrogen) atoms. The Labute approximate surface area is 169 Å². The van der Waals surface area contributed by atoms with Crippen molar-refractivity contribution in [2.75, 3.05) is 23.9 Å². The minimum atomic E-state index is -0.270. The van der Waals surface area contributed by atoms with Crippen molar-refractivity contribution in [2.24, 2.45) is 0 Å². The van der Waals surface area contributed by atoms with Crippen LogP contribution >= 0.6 is 0 Å². The number of carbonyl (C=O) groups is 3. The predicted octanol–water partition coefficient (Wildman–Crippen LogP) is 2.09. The van der Waals surface area contributed by atoms with Gasteiger partial charge >= 0.3 is 0 Å². The number of rotatable bonds is 6. The van der Waals surface area contributed by atoms with Crippen molar-refractivity contribution in [3.8, 4) is 5.75 Å². The molecule has 8 heteroatoms. The zero-order valence-corrected chi connectivity index (χ0v) is 16.7. The Morgan fingerprint density at radius 2 is 2.00 bits per heavy atom. The first-order valence-electron chi connectivity index (χ1n) is 9.35.